The summed E-state index contributed by atoms with van der Waals surface area (Å²) < 4.78 is 18.1. The van der Waals surface area contributed by atoms with Crippen LogP contribution in [0, 0.1) is 11.8 Å². The van der Waals surface area contributed by atoms with Crippen molar-refractivity contribution in [2.75, 3.05) is 7.11 Å². The van der Waals surface area contributed by atoms with E-state index in [-0.39, 0.29) is 47.2 Å². The first-order chi connectivity index (χ1) is 20.1. The first-order valence-electron chi connectivity index (χ1n) is 14.7. The van der Waals surface area contributed by atoms with Gasteiger partial charge in [-0.15, -0.1) is 0 Å². The Morgan fingerprint density at radius 3 is 2.44 bits per heavy atom. The number of ether oxygens (including phenoxy) is 3. The fourth-order valence-corrected chi connectivity index (χ4v) is 8.29. The van der Waals surface area contributed by atoms with Crippen molar-refractivity contribution in [3.63, 3.8) is 0 Å². The van der Waals surface area contributed by atoms with Crippen LogP contribution in [-0.2, 0) is 25.4 Å². The van der Waals surface area contributed by atoms with Crippen molar-refractivity contribution in [2.24, 2.45) is 22.7 Å². The van der Waals surface area contributed by atoms with Gasteiger partial charge in [0.25, 0.3) is 0 Å². The number of phenolic OH excluding ortho intramolecular Hbond substituents is 2. The largest absolute Gasteiger partial charge is 0.507 e. The molecule has 7 N–H and O–H groups in total. The van der Waals surface area contributed by atoms with Crippen LogP contribution >= 0.6 is 0 Å². The average Bonchev–Trinajstić information content (AvgIpc) is 2.95. The number of methoxy groups -OCH3 is 1. The highest BCUT2D eigenvalue weighted by Crippen LogP contribution is 2.59. The van der Waals surface area contributed by atoms with Crippen LogP contribution in [0.1, 0.15) is 97.2 Å². The minimum Gasteiger partial charge on any atom is -0.507 e. The maximum absolute atomic E-state index is 14.0. The van der Waals surface area contributed by atoms with Gasteiger partial charge in [0, 0.05) is 49.8 Å². The van der Waals surface area contributed by atoms with Crippen LogP contribution in [0.15, 0.2) is 5.10 Å². The van der Waals surface area contributed by atoms with E-state index in [1.807, 2.05) is 0 Å². The number of hydrogen-bond acceptors (Lipinski definition) is 12. The molecule has 2 saturated carbocycles. The number of phenols is 2. The molecule has 6 unspecified atom stereocenters. The Bertz CT molecular complexity index is 1420. The summed E-state index contributed by atoms with van der Waals surface area (Å²) in [6.45, 7) is 4.81. The van der Waals surface area contributed by atoms with E-state index in [0.717, 1.165) is 0 Å². The minimum atomic E-state index is -1.80. The van der Waals surface area contributed by atoms with E-state index >= 15 is 0 Å². The number of carbonyl (C=O) groups is 3. The smallest absolute Gasteiger partial charge is 0.227 e. The van der Waals surface area contributed by atoms with Crippen LogP contribution in [0.3, 0.4) is 0 Å². The molecule has 1 aromatic rings. The Morgan fingerprint density at radius 1 is 1.12 bits per heavy atom. The predicted octanol–water partition coefficient (Wildman–Crippen LogP) is 1.12. The number of aliphatic hydroxyl groups is 2. The molecule has 1 amide bonds. The Morgan fingerprint density at radius 2 is 1.81 bits per heavy atom. The van der Waals surface area contributed by atoms with E-state index in [1.54, 1.807) is 13.8 Å². The number of aromatic hydroxyl groups is 2. The lowest BCUT2D eigenvalue weighted by atomic mass is 9.51. The zero-order valence-corrected chi connectivity index (χ0v) is 24.7. The van der Waals surface area contributed by atoms with Gasteiger partial charge < -0.3 is 40.4 Å². The van der Waals surface area contributed by atoms with Gasteiger partial charge in [-0.3, -0.25) is 14.4 Å². The van der Waals surface area contributed by atoms with Gasteiger partial charge in [0.15, 0.2) is 17.9 Å². The van der Waals surface area contributed by atoms with Crippen LogP contribution in [0.5, 0.6) is 11.5 Å². The quantitative estimate of drug-likeness (QED) is 0.118. The lowest BCUT2D eigenvalue weighted by Gasteiger charge is -2.68. The monoisotopic (exact) mass is 601 g/mol. The molecule has 13 heteroatoms. The lowest BCUT2D eigenvalue weighted by molar-refractivity contribution is -0.383. The Balaban J connectivity index is 1.48. The van der Waals surface area contributed by atoms with Crippen LogP contribution < -0.4 is 11.2 Å². The fourth-order valence-electron chi connectivity index (χ4n) is 8.29. The normalized spacial score (nSPS) is 41.9. The summed E-state index contributed by atoms with van der Waals surface area (Å²) in [6, 6.07) is 0. The van der Waals surface area contributed by atoms with Crippen LogP contribution in [0.4, 0.5) is 0 Å². The molecule has 0 aromatic heterocycles. The topological polar surface area (TPSA) is 210 Å². The molecular weight excluding hydrogens is 562 g/mol. The van der Waals surface area contributed by atoms with Crippen molar-refractivity contribution in [3.8, 4) is 11.5 Å². The third kappa shape index (κ3) is 4.05. The van der Waals surface area contributed by atoms with Gasteiger partial charge in [0.05, 0.1) is 40.5 Å². The number of nitrogens with one attached hydrogen (secondary N) is 1. The lowest BCUT2D eigenvalue weighted by Crippen LogP contribution is -2.85. The van der Waals surface area contributed by atoms with Crippen molar-refractivity contribution in [1.29, 1.82) is 0 Å². The fraction of sp³-hybridized carbons (Fsp3) is 0.667. The van der Waals surface area contributed by atoms with Crippen LogP contribution in [0.2, 0.25) is 0 Å². The predicted molar refractivity (Wildman–Crippen MR) is 150 cm³/mol. The summed E-state index contributed by atoms with van der Waals surface area (Å²) in [5, 5.41) is 50.1. The van der Waals surface area contributed by atoms with Crippen molar-refractivity contribution in [2.45, 2.75) is 107 Å². The minimum absolute atomic E-state index is 0.0241. The third-order valence-electron chi connectivity index (χ3n) is 11.0. The van der Waals surface area contributed by atoms with Gasteiger partial charge >= 0.3 is 0 Å². The molecule has 2 heterocycles. The molecule has 2 aliphatic heterocycles. The van der Waals surface area contributed by atoms with Gasteiger partial charge in [0.2, 0.25) is 6.41 Å². The average molecular weight is 602 g/mol. The van der Waals surface area contributed by atoms with E-state index in [2.05, 4.69) is 10.5 Å². The number of Topliss-reactive ketones (excluding diaryl/α,β-unsaturated/α-hetero) is 2. The summed E-state index contributed by atoms with van der Waals surface area (Å²) in [4.78, 5) is 38.7. The zero-order valence-electron chi connectivity index (χ0n) is 24.7. The molecule has 4 fully saturated rings. The number of rotatable bonds is 6. The number of fused-ring (bicyclic) bond motifs is 5. The number of benzene rings is 1. The van der Waals surface area contributed by atoms with E-state index in [4.69, 9.17) is 19.9 Å². The maximum Gasteiger partial charge on any atom is 0.227 e. The molecule has 6 aliphatic rings. The second-order valence-corrected chi connectivity index (χ2v) is 13.3. The molecule has 1 aromatic carbocycles. The van der Waals surface area contributed by atoms with E-state index < -0.39 is 75.7 Å². The first kappa shape index (κ1) is 30.1. The Kier molecular flexibility index (Phi) is 6.85. The highest BCUT2D eigenvalue weighted by Gasteiger charge is 2.73. The molecule has 0 spiro atoms. The second kappa shape index (κ2) is 9.78. The Labute approximate surface area is 248 Å². The van der Waals surface area contributed by atoms with Crippen LogP contribution in [0.25, 0.3) is 0 Å². The summed E-state index contributed by atoms with van der Waals surface area (Å²) in [6.07, 6.45) is -0.664. The maximum atomic E-state index is 14.0. The SMILES string of the molecule is COC1CCCC2C(=O)c3c(O)c4c(c(O)c3C(=O)C12)C(OC1C[C@@]2(N)C[C@@](C)(O1)C2(C)O)C[C@@](O)(/C(C)=N/NC=O)C4. The molecule has 2 bridgehead atoms. The van der Waals surface area contributed by atoms with Crippen molar-refractivity contribution >= 4 is 23.7 Å². The zero-order chi connectivity index (χ0) is 31.3. The van der Waals surface area contributed by atoms with Gasteiger partial charge in [-0.1, -0.05) is 6.42 Å². The van der Waals surface area contributed by atoms with E-state index in [9.17, 15) is 34.8 Å². The number of ketones is 2. The number of carbonyl (C=O) groups excluding carboxylic acids is 3. The van der Waals surface area contributed by atoms with Gasteiger partial charge in [0.1, 0.15) is 28.3 Å². The van der Waals surface area contributed by atoms with E-state index in [1.165, 1.54) is 14.0 Å². The van der Waals surface area contributed by atoms with E-state index in [0.29, 0.717) is 32.1 Å². The summed E-state index contributed by atoms with van der Waals surface area (Å²) in [5.74, 6) is -3.50. The Hall–Kier alpha value is -2.94. The molecule has 4 aliphatic carbocycles. The third-order valence-corrected chi connectivity index (χ3v) is 11.0. The number of nitrogens with zero attached hydrogens (tertiary/aromatic N) is 1. The highest BCUT2D eigenvalue weighted by molar-refractivity contribution is 6.19. The summed E-state index contributed by atoms with van der Waals surface area (Å²) in [7, 11) is 1.48. The number of amides is 1. The standard InChI is InChI=1S/C30H39N3O10/c1-13(33-32-12-34)29(40)8-15-20(17(9-29)42-18-10-30(31)11-27(2,43-18)28(30,3)39)26(38)22-21(24(15)36)23(35)14-6-5-7-16(41-4)19(14)25(22)37/h12,14,16-19,36,38-40H,5-11,31H2,1-4H3,(H,32,34)/b33-13+/t14?,16?,17?,18?,19?,27-,28?,29-,30-/m1/s1. The van der Waals surface area contributed by atoms with Crippen LogP contribution in [-0.4, -0.2) is 86.0 Å². The molecule has 234 valence electrons. The molecule has 43 heavy (non-hydrogen) atoms. The van der Waals surface area contributed by atoms with Gasteiger partial charge in [-0.2, -0.15) is 5.10 Å². The van der Waals surface area contributed by atoms with Gasteiger partial charge in [-0.05, 0) is 33.6 Å². The summed E-state index contributed by atoms with van der Waals surface area (Å²) >= 11 is 0. The molecular formula is C30H39N3O10. The second-order valence-electron chi connectivity index (χ2n) is 13.3. The van der Waals surface area contributed by atoms with Gasteiger partial charge in [-0.25, -0.2) is 5.43 Å². The van der Waals surface area contributed by atoms with Crippen molar-refractivity contribution < 1.29 is 49.0 Å². The number of hydrogen-bond donors (Lipinski definition) is 6. The van der Waals surface area contributed by atoms with Crippen molar-refractivity contribution in [3.05, 3.63) is 22.3 Å². The number of hydrazone groups is 1. The molecule has 2 saturated heterocycles. The number of nitrogens with two attached hydrogens (primary N) is 1. The highest BCUT2D eigenvalue weighted by atomic mass is 16.7. The molecule has 9 atom stereocenters. The molecule has 13 nitrogen and oxygen atoms in total. The van der Waals surface area contributed by atoms with Crippen molar-refractivity contribution in [1.82, 2.24) is 5.43 Å². The first-order valence-corrected chi connectivity index (χ1v) is 14.7. The molecule has 7 rings (SSSR count). The molecule has 0 radical (unpaired) electrons. The summed E-state index contributed by atoms with van der Waals surface area (Å²) in [5.41, 5.74) is 3.13.